The number of hydrogen-bond acceptors (Lipinski definition) is 8. The maximum Gasteiger partial charge on any atom is 0.492 e. The highest BCUT2D eigenvalue weighted by molar-refractivity contribution is 5.94. The van der Waals surface area contributed by atoms with Gasteiger partial charge in [0.1, 0.15) is 4.91 Å². The Labute approximate surface area is 166 Å². The molecule has 148 valence electrons. The van der Waals surface area contributed by atoms with Crippen molar-refractivity contribution in [2.75, 3.05) is 0 Å². The molecule has 1 N–H and O–H groups in total. The molecule has 2 aromatic carbocycles. The van der Waals surface area contributed by atoms with Crippen LogP contribution in [0, 0.1) is 19.9 Å². The molecule has 0 amide bonds. The van der Waals surface area contributed by atoms with E-state index in [2.05, 4.69) is 9.97 Å². The average Bonchev–Trinajstić information content (AvgIpc) is 2.73. The summed E-state index contributed by atoms with van der Waals surface area (Å²) >= 11 is 0. The van der Waals surface area contributed by atoms with Crippen LogP contribution in [0.3, 0.4) is 0 Å². The van der Waals surface area contributed by atoms with Crippen molar-refractivity contribution >= 4 is 32.9 Å². The molecular formula is C18H11N5O7+2. The number of benzene rings is 2. The van der Waals surface area contributed by atoms with Gasteiger partial charge in [-0.25, -0.2) is 15.2 Å². The molecular weight excluding hydrogens is 398 g/mol. The fourth-order valence-electron chi connectivity index (χ4n) is 2.96. The van der Waals surface area contributed by atoms with Crippen molar-refractivity contribution in [1.82, 2.24) is 9.97 Å². The van der Waals surface area contributed by atoms with Crippen molar-refractivity contribution in [3.8, 4) is 11.8 Å². The van der Waals surface area contributed by atoms with Gasteiger partial charge in [0.25, 0.3) is 10.6 Å². The molecule has 4 rings (SSSR count). The minimum absolute atomic E-state index is 0.0684. The topological polar surface area (TPSA) is 148 Å². The second-order valence-electron chi connectivity index (χ2n) is 5.91. The van der Waals surface area contributed by atoms with E-state index in [4.69, 9.17) is 9.68 Å². The molecule has 0 aliphatic rings. The maximum absolute atomic E-state index is 12.2. The summed E-state index contributed by atoms with van der Waals surface area (Å²) in [6, 6.07) is 11.5. The van der Waals surface area contributed by atoms with Gasteiger partial charge in [-0.1, -0.05) is 12.1 Å². The zero-order valence-electron chi connectivity index (χ0n) is 14.9. The molecule has 12 heteroatoms. The van der Waals surface area contributed by atoms with Gasteiger partial charge in [-0.15, -0.1) is 9.68 Å². The van der Waals surface area contributed by atoms with Gasteiger partial charge in [0.15, 0.2) is 0 Å². The molecule has 0 saturated carbocycles. The lowest BCUT2D eigenvalue weighted by Crippen LogP contribution is -2.18. The summed E-state index contributed by atoms with van der Waals surface area (Å²) in [5.41, 5.74) is -0.242. The zero-order chi connectivity index (χ0) is 21.3. The number of rotatable bonds is 6. The van der Waals surface area contributed by atoms with Crippen LogP contribution in [0.2, 0.25) is 0 Å². The van der Waals surface area contributed by atoms with Crippen molar-refractivity contribution in [2.24, 2.45) is 0 Å². The second kappa shape index (κ2) is 7.35. The van der Waals surface area contributed by atoms with Crippen LogP contribution in [-0.4, -0.2) is 30.1 Å². The van der Waals surface area contributed by atoms with Gasteiger partial charge in [-0.05, 0) is 24.3 Å². The van der Waals surface area contributed by atoms with Crippen LogP contribution in [-0.2, 0) is 0 Å². The van der Waals surface area contributed by atoms with E-state index in [-0.39, 0.29) is 54.7 Å². The lowest BCUT2D eigenvalue weighted by atomic mass is 10.1. The number of nitrogens with zero attached hydrogens (tertiary/aromatic N) is 5. The van der Waals surface area contributed by atoms with E-state index in [1.165, 1.54) is 60.9 Å². The summed E-state index contributed by atoms with van der Waals surface area (Å²) in [5.74, 6) is -0.411. The van der Waals surface area contributed by atoms with Gasteiger partial charge in [0.2, 0.25) is 0 Å². The Morgan fingerprint density at radius 3 is 1.73 bits per heavy atom. The minimum Gasteiger partial charge on any atom is -0.258 e. The lowest BCUT2D eigenvalue weighted by molar-refractivity contribution is -0.921. The van der Waals surface area contributed by atoms with Crippen LogP contribution in [0.4, 0.5) is 11.4 Å². The van der Waals surface area contributed by atoms with Gasteiger partial charge in [0.05, 0.1) is 31.4 Å². The van der Waals surface area contributed by atoms with Crippen LogP contribution in [0.1, 0.15) is 0 Å². The fourth-order valence-corrected chi connectivity index (χ4v) is 2.96. The summed E-state index contributed by atoms with van der Waals surface area (Å²) in [4.78, 5) is 51.8. The highest BCUT2D eigenvalue weighted by Crippen LogP contribution is 2.32. The predicted octanol–water partition coefficient (Wildman–Crippen LogP) is 3.56. The first-order valence-electron chi connectivity index (χ1n) is 8.35. The summed E-state index contributed by atoms with van der Waals surface area (Å²) < 4.78 is 0. The molecule has 4 aromatic rings. The number of non-ortho nitro benzene ring substituents is 1. The Balaban J connectivity index is 1.67. The van der Waals surface area contributed by atoms with E-state index in [0.29, 0.717) is 0 Å². The number of pyridine rings is 2. The molecule has 0 fully saturated rings. The predicted molar refractivity (Wildman–Crippen MR) is 100 cm³/mol. The molecule has 0 unspecified atom stereocenters. The maximum atomic E-state index is 12.2. The standard InChI is InChI=1S/C18H11N5O7/c24-21(25)15-5-1-3-13-11(15)7-9-19-17(13)29-23(28)30-18-14-4-2-6-16(22(26)27)12(14)8-10-20-18/h1-10H,(H,24,25)/q+2. The Kier molecular flexibility index (Phi) is 4.56. The lowest BCUT2D eigenvalue weighted by Gasteiger charge is -2.01. The third kappa shape index (κ3) is 3.28. The molecule has 30 heavy (non-hydrogen) atoms. The molecule has 12 nitrogen and oxygen atoms in total. The SMILES string of the molecule is O=[N+](Oc1nccc2c([N+](=O)[O-])cccc12)Oc1nccc2c([N+](=O)O)cccc12. The quantitative estimate of drug-likeness (QED) is 0.373. The van der Waals surface area contributed by atoms with E-state index in [1.807, 2.05) is 0 Å². The molecule has 0 radical (unpaired) electrons. The smallest absolute Gasteiger partial charge is 0.258 e. The molecule has 0 saturated heterocycles. The van der Waals surface area contributed by atoms with Crippen LogP contribution in [0.5, 0.6) is 11.8 Å². The number of fused-ring (bicyclic) bond motifs is 2. The normalized spacial score (nSPS) is 10.7. The van der Waals surface area contributed by atoms with E-state index in [1.54, 1.807) is 0 Å². The van der Waals surface area contributed by atoms with E-state index < -0.39 is 4.92 Å². The van der Waals surface area contributed by atoms with Crippen molar-refractivity contribution in [1.29, 1.82) is 0 Å². The van der Waals surface area contributed by atoms with Crippen molar-refractivity contribution < 1.29 is 29.8 Å². The summed E-state index contributed by atoms with van der Waals surface area (Å²) in [7, 11) is 0. The summed E-state index contributed by atoms with van der Waals surface area (Å²) in [6.07, 6.45) is 2.53. The van der Waals surface area contributed by atoms with Crippen LogP contribution in [0.25, 0.3) is 21.5 Å². The number of nitro benzene ring substituents is 1. The summed E-state index contributed by atoms with van der Waals surface area (Å²) in [5, 5.41) is 21.1. The third-order valence-corrected chi connectivity index (χ3v) is 4.22. The largest absolute Gasteiger partial charge is 0.492 e. The molecule has 0 aliphatic heterocycles. The third-order valence-electron chi connectivity index (χ3n) is 4.22. The molecule has 0 atom stereocenters. The van der Waals surface area contributed by atoms with E-state index in [0.717, 1.165) is 0 Å². The first-order chi connectivity index (χ1) is 14.5. The fraction of sp³-hybridized carbons (Fsp3) is 0. The number of aromatic nitrogens is 2. The van der Waals surface area contributed by atoms with Crippen molar-refractivity contribution in [2.45, 2.75) is 0 Å². The number of nitro groups is 1. The highest BCUT2D eigenvalue weighted by atomic mass is 17.0. The van der Waals surface area contributed by atoms with Crippen molar-refractivity contribution in [3.63, 3.8) is 0 Å². The van der Waals surface area contributed by atoms with Crippen LogP contribution < -0.4 is 9.68 Å². The van der Waals surface area contributed by atoms with Gasteiger partial charge < -0.3 is 0 Å². The zero-order valence-corrected chi connectivity index (χ0v) is 14.9. The van der Waals surface area contributed by atoms with Gasteiger partial charge in [-0.3, -0.25) is 10.1 Å². The monoisotopic (exact) mass is 409 g/mol. The molecule has 0 spiro atoms. The molecule has 2 heterocycles. The molecule has 0 bridgehead atoms. The Morgan fingerprint density at radius 2 is 1.23 bits per heavy atom. The van der Waals surface area contributed by atoms with Gasteiger partial charge in [0, 0.05) is 24.5 Å². The summed E-state index contributed by atoms with van der Waals surface area (Å²) in [6.45, 7) is 0. The molecule has 2 aromatic heterocycles. The first kappa shape index (κ1) is 18.6. The Morgan fingerprint density at radius 1 is 0.733 bits per heavy atom. The van der Waals surface area contributed by atoms with Gasteiger partial charge >= 0.3 is 22.5 Å². The second-order valence-corrected chi connectivity index (χ2v) is 5.91. The Bertz CT molecular complexity index is 1240. The average molecular weight is 409 g/mol. The molecule has 0 aliphatic carbocycles. The Hall–Kier alpha value is -4.74. The first-order valence-corrected chi connectivity index (χ1v) is 8.35. The highest BCUT2D eigenvalue weighted by Gasteiger charge is 2.26. The van der Waals surface area contributed by atoms with E-state index in [9.17, 15) is 25.1 Å². The number of hydrogen-bond donors (Lipinski definition) is 1. The minimum atomic E-state index is -0.560. The van der Waals surface area contributed by atoms with Crippen molar-refractivity contribution in [3.05, 3.63) is 80.9 Å². The van der Waals surface area contributed by atoms with Gasteiger partial charge in [-0.2, -0.15) is 0 Å². The van der Waals surface area contributed by atoms with E-state index >= 15 is 0 Å². The van der Waals surface area contributed by atoms with Crippen LogP contribution in [0.15, 0.2) is 60.9 Å². The van der Waals surface area contributed by atoms with Crippen LogP contribution >= 0.6 is 0 Å².